The summed E-state index contributed by atoms with van der Waals surface area (Å²) >= 11 is 0. The fraction of sp³-hybridized carbons (Fsp3) is 0.500. The number of imidazole rings is 1. The predicted octanol–water partition coefficient (Wildman–Crippen LogP) is 1.50. The molecule has 0 aliphatic rings. The van der Waals surface area contributed by atoms with Crippen LogP contribution in [0.1, 0.15) is 20.3 Å². The molecule has 0 saturated heterocycles. The summed E-state index contributed by atoms with van der Waals surface area (Å²) in [4.78, 5) is 10.9. The molecule has 0 bridgehead atoms. The number of hydrogen-bond acceptors (Lipinski definition) is 5. The molecule has 1 unspecified atom stereocenters. The van der Waals surface area contributed by atoms with Crippen LogP contribution in [-0.2, 0) is 0 Å². The molecule has 2 heterocycles. The van der Waals surface area contributed by atoms with Crippen molar-refractivity contribution < 1.29 is 0 Å². The van der Waals surface area contributed by atoms with Crippen LogP contribution >= 0.6 is 0 Å². The van der Waals surface area contributed by atoms with Gasteiger partial charge in [-0.2, -0.15) is 0 Å². The topological polar surface area (TPSA) is 71.5 Å². The van der Waals surface area contributed by atoms with Gasteiger partial charge in [0.1, 0.15) is 0 Å². The van der Waals surface area contributed by atoms with E-state index in [0.717, 1.165) is 24.4 Å². The summed E-state index contributed by atoms with van der Waals surface area (Å²) in [5.41, 5.74) is 3.43. The van der Waals surface area contributed by atoms with Crippen molar-refractivity contribution in [2.24, 2.45) is 11.8 Å². The van der Waals surface area contributed by atoms with E-state index in [0.29, 0.717) is 11.7 Å². The largest absolute Gasteiger partial charge is 0.356 e. The van der Waals surface area contributed by atoms with E-state index in [9.17, 15) is 0 Å². The highest BCUT2D eigenvalue weighted by molar-refractivity contribution is 5.66. The number of fused-ring (bicyclic) bond motifs is 1. The molecule has 98 valence electrons. The molecule has 0 aromatic carbocycles. The number of rotatable bonds is 5. The van der Waals surface area contributed by atoms with Crippen LogP contribution in [0.2, 0.25) is 0 Å². The quantitative estimate of drug-likeness (QED) is 0.619. The van der Waals surface area contributed by atoms with Gasteiger partial charge >= 0.3 is 0 Å². The molecule has 2 aromatic heterocycles. The Balaban J connectivity index is 2.38. The van der Waals surface area contributed by atoms with Gasteiger partial charge < -0.3 is 14.7 Å². The first-order valence-electron chi connectivity index (χ1n) is 6.17. The summed E-state index contributed by atoms with van der Waals surface area (Å²) < 4.78 is 1.92. The van der Waals surface area contributed by atoms with E-state index in [1.807, 2.05) is 23.8 Å². The van der Waals surface area contributed by atoms with E-state index in [-0.39, 0.29) is 0 Å². The number of hydrazine groups is 1. The summed E-state index contributed by atoms with van der Waals surface area (Å²) in [5.74, 6) is 7.53. The van der Waals surface area contributed by atoms with Crippen LogP contribution in [0.4, 0.5) is 11.6 Å². The lowest BCUT2D eigenvalue weighted by Crippen LogP contribution is -2.26. The van der Waals surface area contributed by atoms with E-state index < -0.39 is 0 Å². The van der Waals surface area contributed by atoms with Gasteiger partial charge in [0.2, 0.25) is 0 Å². The van der Waals surface area contributed by atoms with Gasteiger partial charge in [-0.3, -0.25) is 0 Å². The van der Waals surface area contributed by atoms with Crippen LogP contribution in [0.15, 0.2) is 18.6 Å². The summed E-state index contributed by atoms with van der Waals surface area (Å²) in [6, 6.07) is 0. The van der Waals surface area contributed by atoms with Crippen molar-refractivity contribution in [2.75, 3.05) is 23.9 Å². The third-order valence-corrected chi connectivity index (χ3v) is 3.15. The highest BCUT2D eigenvalue weighted by Crippen LogP contribution is 2.20. The van der Waals surface area contributed by atoms with Gasteiger partial charge in [-0.25, -0.2) is 15.8 Å². The van der Waals surface area contributed by atoms with Crippen LogP contribution < -0.4 is 16.2 Å². The van der Waals surface area contributed by atoms with Gasteiger partial charge in [0.15, 0.2) is 17.3 Å². The van der Waals surface area contributed by atoms with E-state index in [1.54, 1.807) is 6.20 Å². The highest BCUT2D eigenvalue weighted by Gasteiger charge is 2.13. The van der Waals surface area contributed by atoms with Gasteiger partial charge in [0.25, 0.3) is 0 Å². The van der Waals surface area contributed by atoms with E-state index in [2.05, 4.69) is 34.1 Å². The fourth-order valence-electron chi connectivity index (χ4n) is 1.92. The molecule has 0 radical (unpaired) electrons. The van der Waals surface area contributed by atoms with Crippen molar-refractivity contribution >= 4 is 17.3 Å². The summed E-state index contributed by atoms with van der Waals surface area (Å²) in [7, 11) is 2.03. The monoisotopic (exact) mass is 248 g/mol. The van der Waals surface area contributed by atoms with E-state index >= 15 is 0 Å². The third kappa shape index (κ3) is 2.38. The minimum atomic E-state index is 0.612. The zero-order valence-corrected chi connectivity index (χ0v) is 11.1. The molecule has 0 aliphatic heterocycles. The molecular formula is C12H20N6. The summed E-state index contributed by atoms with van der Waals surface area (Å²) in [6.45, 7) is 5.36. The highest BCUT2D eigenvalue weighted by atomic mass is 15.3. The maximum Gasteiger partial charge on any atom is 0.180 e. The second-order valence-corrected chi connectivity index (χ2v) is 4.65. The summed E-state index contributed by atoms with van der Waals surface area (Å²) in [6.07, 6.45) is 6.61. The fourth-order valence-corrected chi connectivity index (χ4v) is 1.92. The summed E-state index contributed by atoms with van der Waals surface area (Å²) in [5, 5.41) is 0. The minimum Gasteiger partial charge on any atom is -0.356 e. The molecule has 0 amide bonds. The second kappa shape index (κ2) is 5.22. The first kappa shape index (κ1) is 12.6. The van der Waals surface area contributed by atoms with Gasteiger partial charge in [-0.1, -0.05) is 20.3 Å². The van der Waals surface area contributed by atoms with Crippen molar-refractivity contribution in [2.45, 2.75) is 20.3 Å². The van der Waals surface area contributed by atoms with Crippen molar-refractivity contribution in [1.29, 1.82) is 0 Å². The number of aromatic nitrogens is 3. The normalized spacial score (nSPS) is 12.7. The molecule has 0 spiro atoms. The predicted molar refractivity (Wildman–Crippen MR) is 73.5 cm³/mol. The first-order valence-corrected chi connectivity index (χ1v) is 6.17. The molecule has 2 rings (SSSR count). The molecule has 0 aliphatic carbocycles. The number of nitrogens with two attached hydrogens (primary N) is 1. The van der Waals surface area contributed by atoms with Gasteiger partial charge in [-0.05, 0) is 5.92 Å². The van der Waals surface area contributed by atoms with Crippen molar-refractivity contribution in [3.63, 3.8) is 0 Å². The Morgan fingerprint density at radius 2 is 2.33 bits per heavy atom. The standard InChI is InChI=1S/C12H20N6/c1-4-9(2)7-17(3)12-11-14-5-6-18(11)8-10(15-12)16-13/h5-6,8-9,16H,4,7,13H2,1-3H3. The molecule has 1 atom stereocenters. The van der Waals surface area contributed by atoms with E-state index in [1.165, 1.54) is 0 Å². The van der Waals surface area contributed by atoms with Crippen LogP contribution in [-0.4, -0.2) is 28.0 Å². The number of anilines is 2. The Bertz CT molecular complexity index is 520. The average Bonchev–Trinajstić information content (AvgIpc) is 2.85. The Hall–Kier alpha value is -1.82. The molecule has 2 aromatic rings. The lowest BCUT2D eigenvalue weighted by molar-refractivity contribution is 0.558. The Morgan fingerprint density at radius 1 is 1.56 bits per heavy atom. The van der Waals surface area contributed by atoms with Crippen LogP contribution in [0.3, 0.4) is 0 Å². The smallest absolute Gasteiger partial charge is 0.180 e. The zero-order chi connectivity index (χ0) is 13.1. The maximum atomic E-state index is 5.44. The van der Waals surface area contributed by atoms with Crippen LogP contribution in [0, 0.1) is 5.92 Å². The van der Waals surface area contributed by atoms with Crippen LogP contribution in [0.25, 0.3) is 5.65 Å². The van der Waals surface area contributed by atoms with E-state index in [4.69, 9.17) is 5.84 Å². The molecule has 6 heteroatoms. The molecule has 0 saturated carbocycles. The maximum absolute atomic E-state index is 5.44. The van der Waals surface area contributed by atoms with Crippen LogP contribution in [0.5, 0.6) is 0 Å². The second-order valence-electron chi connectivity index (χ2n) is 4.65. The van der Waals surface area contributed by atoms with Crippen molar-refractivity contribution in [3.05, 3.63) is 18.6 Å². The number of nitrogens with zero attached hydrogens (tertiary/aromatic N) is 4. The minimum absolute atomic E-state index is 0.612. The third-order valence-electron chi connectivity index (χ3n) is 3.15. The number of nitrogen functional groups attached to an aromatic ring is 1. The molecule has 6 nitrogen and oxygen atoms in total. The Kier molecular flexibility index (Phi) is 3.66. The van der Waals surface area contributed by atoms with Gasteiger partial charge in [0, 0.05) is 26.0 Å². The van der Waals surface area contributed by atoms with Crippen molar-refractivity contribution in [1.82, 2.24) is 14.4 Å². The number of nitrogens with one attached hydrogen (secondary N) is 1. The SMILES string of the molecule is CCC(C)CN(C)c1nc(NN)cn2ccnc12. The van der Waals surface area contributed by atoms with Crippen molar-refractivity contribution in [3.8, 4) is 0 Å². The molecular weight excluding hydrogens is 228 g/mol. The first-order chi connectivity index (χ1) is 8.65. The lowest BCUT2D eigenvalue weighted by atomic mass is 10.1. The number of hydrogen-bond donors (Lipinski definition) is 2. The average molecular weight is 248 g/mol. The molecule has 3 N–H and O–H groups in total. The zero-order valence-electron chi connectivity index (χ0n) is 11.1. The lowest BCUT2D eigenvalue weighted by Gasteiger charge is -2.22. The molecule has 0 fully saturated rings. The molecule has 18 heavy (non-hydrogen) atoms. The Labute approximate surface area is 107 Å². The van der Waals surface area contributed by atoms with Gasteiger partial charge in [-0.15, -0.1) is 0 Å². The Morgan fingerprint density at radius 3 is 3.00 bits per heavy atom. The van der Waals surface area contributed by atoms with Gasteiger partial charge in [0.05, 0.1) is 6.20 Å².